The summed E-state index contributed by atoms with van der Waals surface area (Å²) in [5.74, 6) is 1.49. The lowest BCUT2D eigenvalue weighted by Gasteiger charge is -2.36. The van der Waals surface area contributed by atoms with Crippen LogP contribution in [-0.2, 0) is 11.2 Å². The zero-order chi connectivity index (χ0) is 19.7. The summed E-state index contributed by atoms with van der Waals surface area (Å²) in [6.45, 7) is 5.90. The molecule has 0 spiro atoms. The number of hydrogen-bond donors (Lipinski definition) is 2. The van der Waals surface area contributed by atoms with Crippen molar-refractivity contribution in [3.8, 4) is 11.5 Å². The Balaban J connectivity index is 1.47. The quantitative estimate of drug-likeness (QED) is 0.796. The standard InChI is InChI=1S/C22H27N3O3/c1-14(16-8-9-20-21(13-16)28-12-11-27-20)24-22(26)15(2)25-10-4-5-17-18(23)6-3-7-19(17)25/h3,6-9,13-15H,4-5,10-12,23H2,1-2H3,(H,24,26). The van der Waals surface area contributed by atoms with Crippen LogP contribution in [0.4, 0.5) is 11.4 Å². The summed E-state index contributed by atoms with van der Waals surface area (Å²) < 4.78 is 11.2. The van der Waals surface area contributed by atoms with E-state index in [1.165, 1.54) is 0 Å². The third-order valence-electron chi connectivity index (χ3n) is 5.59. The number of nitrogen functional groups attached to an aromatic ring is 1. The van der Waals surface area contributed by atoms with Crippen LogP contribution in [0.5, 0.6) is 11.5 Å². The number of carbonyl (C=O) groups is 1. The molecule has 0 fully saturated rings. The predicted molar refractivity (Wildman–Crippen MR) is 110 cm³/mol. The number of nitrogens with one attached hydrogen (secondary N) is 1. The Labute approximate surface area is 165 Å². The largest absolute Gasteiger partial charge is 0.486 e. The predicted octanol–water partition coefficient (Wildman–Crippen LogP) is 3.06. The molecule has 2 atom stereocenters. The fourth-order valence-corrected chi connectivity index (χ4v) is 3.97. The summed E-state index contributed by atoms with van der Waals surface area (Å²) >= 11 is 0. The first-order valence-electron chi connectivity index (χ1n) is 9.88. The Morgan fingerprint density at radius 3 is 2.75 bits per heavy atom. The number of benzene rings is 2. The minimum atomic E-state index is -0.277. The number of amides is 1. The molecule has 0 aliphatic carbocycles. The van der Waals surface area contributed by atoms with Crippen molar-refractivity contribution >= 4 is 17.3 Å². The average molecular weight is 381 g/mol. The molecule has 2 aromatic carbocycles. The molecule has 2 aliphatic heterocycles. The molecule has 0 aromatic heterocycles. The molecule has 3 N–H and O–H groups in total. The summed E-state index contributed by atoms with van der Waals surface area (Å²) in [4.78, 5) is 15.1. The first kappa shape index (κ1) is 18.5. The summed E-state index contributed by atoms with van der Waals surface area (Å²) in [5.41, 5.74) is 10.2. The first-order valence-corrected chi connectivity index (χ1v) is 9.88. The number of anilines is 2. The Morgan fingerprint density at radius 2 is 1.93 bits per heavy atom. The van der Waals surface area contributed by atoms with Crippen molar-refractivity contribution < 1.29 is 14.3 Å². The Hall–Kier alpha value is -2.89. The van der Waals surface area contributed by atoms with E-state index in [1.54, 1.807) is 0 Å². The van der Waals surface area contributed by atoms with Crippen LogP contribution in [0.15, 0.2) is 36.4 Å². The van der Waals surface area contributed by atoms with Gasteiger partial charge in [0.15, 0.2) is 11.5 Å². The monoisotopic (exact) mass is 381 g/mol. The maximum atomic E-state index is 13.0. The highest BCUT2D eigenvalue weighted by Gasteiger charge is 2.28. The second-order valence-corrected chi connectivity index (χ2v) is 7.45. The molecule has 1 amide bonds. The van der Waals surface area contributed by atoms with Gasteiger partial charge >= 0.3 is 0 Å². The molecule has 6 nitrogen and oxygen atoms in total. The van der Waals surface area contributed by atoms with Crippen molar-refractivity contribution in [2.75, 3.05) is 30.4 Å². The molecule has 2 unspecified atom stereocenters. The number of carbonyl (C=O) groups excluding carboxylic acids is 1. The van der Waals surface area contributed by atoms with Gasteiger partial charge in [0.05, 0.1) is 6.04 Å². The highest BCUT2D eigenvalue weighted by molar-refractivity contribution is 5.86. The molecule has 2 aromatic rings. The molecule has 148 valence electrons. The Kier molecular flexibility index (Phi) is 5.03. The summed E-state index contributed by atoms with van der Waals surface area (Å²) in [6, 6.07) is 11.3. The van der Waals surface area contributed by atoms with Crippen molar-refractivity contribution in [2.24, 2.45) is 0 Å². The van der Waals surface area contributed by atoms with Gasteiger partial charge in [-0.1, -0.05) is 12.1 Å². The molecule has 0 saturated carbocycles. The van der Waals surface area contributed by atoms with E-state index in [-0.39, 0.29) is 18.0 Å². The van der Waals surface area contributed by atoms with Crippen molar-refractivity contribution in [2.45, 2.75) is 38.8 Å². The fourth-order valence-electron chi connectivity index (χ4n) is 3.97. The van der Waals surface area contributed by atoms with Gasteiger partial charge in [-0.2, -0.15) is 0 Å². The molecule has 2 heterocycles. The Bertz CT molecular complexity index is 883. The first-order chi connectivity index (χ1) is 13.5. The highest BCUT2D eigenvalue weighted by Crippen LogP contribution is 2.34. The second kappa shape index (κ2) is 7.62. The lowest BCUT2D eigenvalue weighted by atomic mass is 9.98. The smallest absolute Gasteiger partial charge is 0.242 e. The van der Waals surface area contributed by atoms with Crippen LogP contribution < -0.4 is 25.4 Å². The van der Waals surface area contributed by atoms with E-state index in [2.05, 4.69) is 16.3 Å². The van der Waals surface area contributed by atoms with Gasteiger partial charge in [-0.25, -0.2) is 0 Å². The van der Waals surface area contributed by atoms with Crippen LogP contribution in [0.3, 0.4) is 0 Å². The Morgan fingerprint density at radius 1 is 1.14 bits per heavy atom. The van der Waals surface area contributed by atoms with Crippen molar-refractivity contribution in [1.82, 2.24) is 5.32 Å². The fraction of sp³-hybridized carbons (Fsp3) is 0.409. The van der Waals surface area contributed by atoms with Gasteiger partial charge in [0.2, 0.25) is 5.91 Å². The normalized spacial score (nSPS) is 17.4. The van der Waals surface area contributed by atoms with Crippen LogP contribution in [0.1, 0.15) is 37.4 Å². The van der Waals surface area contributed by atoms with E-state index < -0.39 is 0 Å². The van der Waals surface area contributed by atoms with Gasteiger partial charge in [0.25, 0.3) is 0 Å². The maximum Gasteiger partial charge on any atom is 0.242 e. The van der Waals surface area contributed by atoms with Crippen LogP contribution in [0, 0.1) is 0 Å². The number of nitrogens with zero attached hydrogens (tertiary/aromatic N) is 1. The van der Waals surface area contributed by atoms with Crippen LogP contribution in [-0.4, -0.2) is 31.7 Å². The minimum Gasteiger partial charge on any atom is -0.486 e. The minimum absolute atomic E-state index is 0.00216. The van der Waals surface area contributed by atoms with Gasteiger partial charge < -0.3 is 25.4 Å². The topological polar surface area (TPSA) is 76.8 Å². The zero-order valence-corrected chi connectivity index (χ0v) is 16.4. The molecule has 28 heavy (non-hydrogen) atoms. The van der Waals surface area contributed by atoms with Crippen LogP contribution in [0.25, 0.3) is 0 Å². The number of fused-ring (bicyclic) bond motifs is 2. The summed E-state index contributed by atoms with van der Waals surface area (Å²) in [5, 5.41) is 3.14. The molecular formula is C22H27N3O3. The maximum absolute atomic E-state index is 13.0. The number of nitrogens with two attached hydrogens (primary N) is 1. The van der Waals surface area contributed by atoms with E-state index in [0.29, 0.717) is 13.2 Å². The average Bonchev–Trinajstić information content (AvgIpc) is 2.72. The van der Waals surface area contributed by atoms with Crippen molar-refractivity contribution in [3.63, 3.8) is 0 Å². The molecular weight excluding hydrogens is 354 g/mol. The molecule has 0 saturated heterocycles. The van der Waals surface area contributed by atoms with Gasteiger partial charge in [-0.3, -0.25) is 4.79 Å². The highest BCUT2D eigenvalue weighted by atomic mass is 16.6. The molecule has 4 rings (SSSR count). The van der Waals surface area contributed by atoms with E-state index in [1.807, 2.05) is 44.2 Å². The van der Waals surface area contributed by atoms with Gasteiger partial charge in [0, 0.05) is 17.9 Å². The second-order valence-electron chi connectivity index (χ2n) is 7.45. The zero-order valence-electron chi connectivity index (χ0n) is 16.4. The van der Waals surface area contributed by atoms with E-state index in [4.69, 9.17) is 15.2 Å². The van der Waals surface area contributed by atoms with Crippen LogP contribution >= 0.6 is 0 Å². The number of hydrogen-bond acceptors (Lipinski definition) is 5. The third kappa shape index (κ3) is 3.46. The van der Waals surface area contributed by atoms with Gasteiger partial charge in [0.1, 0.15) is 19.3 Å². The number of ether oxygens (including phenoxy) is 2. The molecule has 6 heteroatoms. The molecule has 2 aliphatic rings. The van der Waals surface area contributed by atoms with Gasteiger partial charge in [-0.15, -0.1) is 0 Å². The van der Waals surface area contributed by atoms with Crippen molar-refractivity contribution in [3.05, 3.63) is 47.5 Å². The third-order valence-corrected chi connectivity index (χ3v) is 5.59. The number of rotatable bonds is 4. The SMILES string of the molecule is CC(NC(=O)C(C)N1CCCc2c(N)cccc21)c1ccc2c(c1)OCCO2. The lowest BCUT2D eigenvalue weighted by Crippen LogP contribution is -2.47. The summed E-state index contributed by atoms with van der Waals surface area (Å²) in [6.07, 6.45) is 1.96. The van der Waals surface area contributed by atoms with E-state index in [0.717, 1.165) is 53.4 Å². The van der Waals surface area contributed by atoms with Gasteiger partial charge in [-0.05, 0) is 62.1 Å². The van der Waals surface area contributed by atoms with Crippen molar-refractivity contribution in [1.29, 1.82) is 0 Å². The lowest BCUT2D eigenvalue weighted by molar-refractivity contribution is -0.122. The molecule has 0 radical (unpaired) electrons. The van der Waals surface area contributed by atoms with E-state index in [9.17, 15) is 4.79 Å². The van der Waals surface area contributed by atoms with E-state index >= 15 is 0 Å². The van der Waals surface area contributed by atoms with Crippen LogP contribution in [0.2, 0.25) is 0 Å². The molecule has 0 bridgehead atoms. The summed E-state index contributed by atoms with van der Waals surface area (Å²) in [7, 11) is 0.